The minimum atomic E-state index is 0.276. The number of aliphatic hydroxyl groups is 1. The fourth-order valence-corrected chi connectivity index (χ4v) is 2.44. The summed E-state index contributed by atoms with van der Waals surface area (Å²) >= 11 is 0. The van der Waals surface area contributed by atoms with Crippen molar-refractivity contribution in [3.8, 4) is 0 Å². The first-order valence-electron chi connectivity index (χ1n) is 6.79. The van der Waals surface area contributed by atoms with Crippen LogP contribution in [-0.4, -0.2) is 18.3 Å². The van der Waals surface area contributed by atoms with E-state index in [0.29, 0.717) is 6.04 Å². The van der Waals surface area contributed by atoms with Gasteiger partial charge in [0.25, 0.3) is 0 Å². The van der Waals surface area contributed by atoms with Gasteiger partial charge in [-0.25, -0.2) is 0 Å². The van der Waals surface area contributed by atoms with Gasteiger partial charge in [0, 0.05) is 12.6 Å². The van der Waals surface area contributed by atoms with E-state index in [-0.39, 0.29) is 6.61 Å². The summed E-state index contributed by atoms with van der Waals surface area (Å²) in [6.07, 6.45) is 6.28. The van der Waals surface area contributed by atoms with Crippen molar-refractivity contribution in [3.63, 3.8) is 0 Å². The molecule has 0 spiro atoms. The second-order valence-corrected chi connectivity index (χ2v) is 5.03. The van der Waals surface area contributed by atoms with Crippen LogP contribution in [-0.2, 0) is 0 Å². The Morgan fingerprint density at radius 3 is 2.59 bits per heavy atom. The van der Waals surface area contributed by atoms with E-state index in [1.807, 2.05) is 0 Å². The lowest BCUT2D eigenvalue weighted by molar-refractivity contribution is 0.251. The van der Waals surface area contributed by atoms with E-state index in [4.69, 9.17) is 5.11 Å². The third-order valence-corrected chi connectivity index (χ3v) is 3.72. The molecule has 2 rings (SSSR count). The maximum atomic E-state index is 8.85. The fourth-order valence-electron chi connectivity index (χ4n) is 2.44. The zero-order chi connectivity index (χ0) is 11.9. The van der Waals surface area contributed by atoms with Gasteiger partial charge in [-0.15, -0.1) is 0 Å². The van der Waals surface area contributed by atoms with E-state index < -0.39 is 0 Å². The first-order valence-corrected chi connectivity index (χ1v) is 6.79. The number of hydrogen-bond acceptors (Lipinski definition) is 2. The predicted octanol–water partition coefficient (Wildman–Crippen LogP) is 2.89. The summed E-state index contributed by atoms with van der Waals surface area (Å²) in [6, 6.07) is 11.2. The number of aliphatic hydroxyl groups excluding tert-OH is 1. The molecule has 0 amide bonds. The molecule has 1 aliphatic carbocycles. The van der Waals surface area contributed by atoms with Crippen molar-refractivity contribution >= 4 is 0 Å². The van der Waals surface area contributed by atoms with Crippen molar-refractivity contribution in [2.75, 3.05) is 13.2 Å². The van der Waals surface area contributed by atoms with E-state index in [1.54, 1.807) is 0 Å². The molecule has 0 aliphatic heterocycles. The molecular formula is C15H23NO. The van der Waals surface area contributed by atoms with Crippen molar-refractivity contribution in [2.45, 2.75) is 38.1 Å². The normalized spacial score (nSPS) is 17.7. The maximum Gasteiger partial charge on any atom is 0.0443 e. The summed E-state index contributed by atoms with van der Waals surface area (Å²) in [5, 5.41) is 12.4. The summed E-state index contributed by atoms with van der Waals surface area (Å²) < 4.78 is 0. The molecule has 0 bridgehead atoms. The average molecular weight is 233 g/mol. The Morgan fingerprint density at radius 1 is 1.24 bits per heavy atom. The third-order valence-electron chi connectivity index (χ3n) is 3.72. The van der Waals surface area contributed by atoms with Gasteiger partial charge < -0.3 is 10.4 Å². The average Bonchev–Trinajstić information content (AvgIpc) is 2.32. The van der Waals surface area contributed by atoms with E-state index in [9.17, 15) is 0 Å². The molecule has 0 heterocycles. The fraction of sp³-hybridized carbons (Fsp3) is 0.600. The standard InChI is InChI=1S/C15H23NO/c17-11-5-10-16-15(12-13-6-4-7-13)14-8-2-1-3-9-14/h1-3,8-9,13,15-17H,4-7,10-12H2. The first kappa shape index (κ1) is 12.6. The van der Waals surface area contributed by atoms with Crippen molar-refractivity contribution < 1.29 is 5.11 Å². The van der Waals surface area contributed by atoms with Crippen LogP contribution in [0, 0.1) is 5.92 Å². The molecule has 2 nitrogen and oxygen atoms in total. The summed E-state index contributed by atoms with van der Waals surface area (Å²) in [6.45, 7) is 1.18. The molecule has 0 aromatic heterocycles. The molecule has 0 saturated heterocycles. The van der Waals surface area contributed by atoms with Crippen LogP contribution < -0.4 is 5.32 Å². The summed E-state index contributed by atoms with van der Waals surface area (Å²) in [7, 11) is 0. The molecule has 1 aliphatic rings. The molecule has 1 unspecified atom stereocenters. The van der Waals surface area contributed by atoms with Gasteiger partial charge in [0.2, 0.25) is 0 Å². The molecule has 1 fully saturated rings. The molecule has 1 aromatic carbocycles. The van der Waals surface area contributed by atoms with Crippen LogP contribution in [0.5, 0.6) is 0 Å². The smallest absolute Gasteiger partial charge is 0.0443 e. The lowest BCUT2D eigenvalue weighted by Gasteiger charge is -2.30. The topological polar surface area (TPSA) is 32.3 Å². The van der Waals surface area contributed by atoms with Gasteiger partial charge in [-0.05, 0) is 30.9 Å². The van der Waals surface area contributed by atoms with Crippen molar-refractivity contribution in [2.24, 2.45) is 5.92 Å². The van der Waals surface area contributed by atoms with Crippen LogP contribution in [0.3, 0.4) is 0 Å². The Kier molecular flexibility index (Phi) is 5.02. The number of benzene rings is 1. The van der Waals surface area contributed by atoms with Crippen LogP contribution in [0.1, 0.15) is 43.7 Å². The van der Waals surface area contributed by atoms with Crippen LogP contribution in [0.2, 0.25) is 0 Å². The molecule has 1 aromatic rings. The van der Waals surface area contributed by atoms with E-state index >= 15 is 0 Å². The number of hydrogen-bond donors (Lipinski definition) is 2. The Hall–Kier alpha value is -0.860. The Labute approximate surface area is 104 Å². The van der Waals surface area contributed by atoms with Gasteiger partial charge in [-0.3, -0.25) is 0 Å². The predicted molar refractivity (Wildman–Crippen MR) is 70.8 cm³/mol. The Balaban J connectivity index is 1.91. The molecule has 1 saturated carbocycles. The largest absolute Gasteiger partial charge is 0.396 e. The third kappa shape index (κ3) is 3.83. The van der Waals surface area contributed by atoms with Crippen molar-refractivity contribution in [3.05, 3.63) is 35.9 Å². The minimum Gasteiger partial charge on any atom is -0.396 e. The first-order chi connectivity index (χ1) is 8.40. The number of nitrogens with one attached hydrogen (secondary N) is 1. The monoisotopic (exact) mass is 233 g/mol. The molecule has 94 valence electrons. The molecule has 1 atom stereocenters. The zero-order valence-electron chi connectivity index (χ0n) is 10.4. The summed E-state index contributed by atoms with van der Waals surface area (Å²) in [5.41, 5.74) is 1.39. The van der Waals surface area contributed by atoms with Crippen LogP contribution >= 0.6 is 0 Å². The highest BCUT2D eigenvalue weighted by Crippen LogP contribution is 2.34. The van der Waals surface area contributed by atoms with Crippen molar-refractivity contribution in [1.82, 2.24) is 5.32 Å². The van der Waals surface area contributed by atoms with Gasteiger partial charge >= 0.3 is 0 Å². The second-order valence-electron chi connectivity index (χ2n) is 5.03. The lowest BCUT2D eigenvalue weighted by Crippen LogP contribution is -2.27. The highest BCUT2D eigenvalue weighted by Gasteiger charge is 2.22. The van der Waals surface area contributed by atoms with Crippen molar-refractivity contribution in [1.29, 1.82) is 0 Å². The quantitative estimate of drug-likeness (QED) is 0.710. The SMILES string of the molecule is OCCCNC(CC1CCC1)c1ccccc1. The minimum absolute atomic E-state index is 0.276. The second kappa shape index (κ2) is 6.77. The van der Waals surface area contributed by atoms with E-state index in [1.165, 1.54) is 31.2 Å². The Morgan fingerprint density at radius 2 is 2.00 bits per heavy atom. The van der Waals surface area contributed by atoms with Gasteiger partial charge in [0.15, 0.2) is 0 Å². The maximum absolute atomic E-state index is 8.85. The highest BCUT2D eigenvalue weighted by atomic mass is 16.3. The zero-order valence-corrected chi connectivity index (χ0v) is 10.4. The van der Waals surface area contributed by atoms with Gasteiger partial charge in [-0.2, -0.15) is 0 Å². The van der Waals surface area contributed by atoms with E-state index in [0.717, 1.165) is 18.9 Å². The molecule has 17 heavy (non-hydrogen) atoms. The molecule has 2 N–H and O–H groups in total. The van der Waals surface area contributed by atoms with Gasteiger partial charge in [-0.1, -0.05) is 49.6 Å². The molecular weight excluding hydrogens is 210 g/mol. The van der Waals surface area contributed by atoms with Crippen LogP contribution in [0.15, 0.2) is 30.3 Å². The highest BCUT2D eigenvalue weighted by molar-refractivity contribution is 5.19. The molecule has 0 radical (unpaired) electrons. The van der Waals surface area contributed by atoms with Gasteiger partial charge in [0.1, 0.15) is 0 Å². The summed E-state index contributed by atoms with van der Waals surface area (Å²) in [4.78, 5) is 0. The van der Waals surface area contributed by atoms with Crippen LogP contribution in [0.25, 0.3) is 0 Å². The van der Waals surface area contributed by atoms with E-state index in [2.05, 4.69) is 35.6 Å². The number of rotatable bonds is 7. The van der Waals surface area contributed by atoms with Gasteiger partial charge in [0.05, 0.1) is 0 Å². The lowest BCUT2D eigenvalue weighted by atomic mass is 9.79. The van der Waals surface area contributed by atoms with Crippen LogP contribution in [0.4, 0.5) is 0 Å². The molecule has 2 heteroatoms. The Bertz CT molecular complexity index is 308. The summed E-state index contributed by atoms with van der Waals surface area (Å²) in [5.74, 6) is 0.904.